The van der Waals surface area contributed by atoms with Crippen molar-refractivity contribution in [3.8, 4) is 0 Å². The third-order valence-electron chi connectivity index (χ3n) is 6.64. The van der Waals surface area contributed by atoms with Gasteiger partial charge in [0.2, 0.25) is 0 Å². The van der Waals surface area contributed by atoms with Crippen molar-refractivity contribution in [2.24, 2.45) is 0 Å². The van der Waals surface area contributed by atoms with Crippen LogP contribution in [-0.2, 0) is 0 Å². The van der Waals surface area contributed by atoms with Gasteiger partial charge < -0.3 is 61.8 Å². The molecule has 1 aliphatic rings. The molecule has 0 aromatic carbocycles. The number of quaternary nitrogens is 2. The average Bonchev–Trinajstić information content (AvgIpc) is 2.59. The van der Waals surface area contributed by atoms with E-state index in [9.17, 15) is 0 Å². The minimum Gasteiger partial charge on any atom is -1.00 e. The van der Waals surface area contributed by atoms with Crippen LogP contribution in [0.25, 0.3) is 0 Å². The largest absolute Gasteiger partial charge is 1.00 e. The van der Waals surface area contributed by atoms with Crippen LogP contribution in [0.5, 0.6) is 0 Å². The highest BCUT2D eigenvalue weighted by Gasteiger charge is 2.19. The normalized spacial score (nSPS) is 18.1. The van der Waals surface area contributed by atoms with E-state index in [4.69, 9.17) is 0 Å². The molecule has 0 unspecified atom stereocenters. The predicted molar refractivity (Wildman–Crippen MR) is 129 cm³/mol. The van der Waals surface area contributed by atoms with E-state index in [-0.39, 0.29) is 48.0 Å². The second-order valence-corrected chi connectivity index (χ2v) is 11.8. The SMILES string of the molecule is CN(CCN(CC[N+](C)(C)C)CC[N+](C)(C)C)C1CCCCCCCCCCC1.[I-].[I-]. The average molecular weight is 667 g/mol. The molecule has 0 amide bonds. The van der Waals surface area contributed by atoms with E-state index in [1.807, 2.05) is 0 Å². The van der Waals surface area contributed by atoms with Crippen molar-refractivity contribution in [1.82, 2.24) is 9.80 Å². The fraction of sp³-hybridized carbons (Fsp3) is 1.00. The molecule has 0 heterocycles. The molecular formula is C25H56I2N4. The summed E-state index contributed by atoms with van der Waals surface area (Å²) in [6.45, 7) is 7.31. The zero-order chi connectivity index (χ0) is 21.8. The lowest BCUT2D eigenvalue weighted by Crippen LogP contribution is -3.00. The first-order valence-corrected chi connectivity index (χ1v) is 12.6. The lowest BCUT2D eigenvalue weighted by Gasteiger charge is -2.34. The van der Waals surface area contributed by atoms with Crippen LogP contribution in [0.15, 0.2) is 0 Å². The molecule has 190 valence electrons. The van der Waals surface area contributed by atoms with Gasteiger partial charge in [-0.3, -0.25) is 4.90 Å². The molecule has 0 aromatic heterocycles. The monoisotopic (exact) mass is 666 g/mol. The zero-order valence-electron chi connectivity index (χ0n) is 22.1. The maximum atomic E-state index is 2.72. The van der Waals surface area contributed by atoms with E-state index in [0.29, 0.717) is 0 Å². The molecular weight excluding hydrogens is 610 g/mol. The summed E-state index contributed by atoms with van der Waals surface area (Å²) < 4.78 is 2.11. The molecule has 0 bridgehead atoms. The molecule has 0 N–H and O–H groups in total. The molecule has 0 spiro atoms. The fourth-order valence-corrected chi connectivity index (χ4v) is 4.28. The van der Waals surface area contributed by atoms with E-state index in [0.717, 1.165) is 15.0 Å². The van der Waals surface area contributed by atoms with E-state index in [1.165, 1.54) is 110 Å². The summed E-state index contributed by atoms with van der Waals surface area (Å²) >= 11 is 0. The van der Waals surface area contributed by atoms with Gasteiger partial charge in [0.15, 0.2) is 0 Å². The Morgan fingerprint density at radius 2 is 0.903 bits per heavy atom. The Morgan fingerprint density at radius 3 is 1.26 bits per heavy atom. The molecule has 1 aliphatic carbocycles. The van der Waals surface area contributed by atoms with Gasteiger partial charge in [-0.15, -0.1) is 0 Å². The van der Waals surface area contributed by atoms with Gasteiger partial charge in [-0.2, -0.15) is 0 Å². The van der Waals surface area contributed by atoms with Crippen molar-refractivity contribution in [2.45, 2.75) is 76.7 Å². The molecule has 0 aromatic rings. The summed E-state index contributed by atoms with van der Waals surface area (Å²) in [4.78, 5) is 5.43. The van der Waals surface area contributed by atoms with Gasteiger partial charge in [-0.25, -0.2) is 0 Å². The third-order valence-corrected chi connectivity index (χ3v) is 6.64. The third kappa shape index (κ3) is 20.4. The zero-order valence-corrected chi connectivity index (χ0v) is 26.5. The second kappa shape index (κ2) is 18.6. The van der Waals surface area contributed by atoms with Crippen molar-refractivity contribution in [3.63, 3.8) is 0 Å². The first-order valence-electron chi connectivity index (χ1n) is 12.6. The van der Waals surface area contributed by atoms with Crippen LogP contribution < -0.4 is 48.0 Å². The number of nitrogens with zero attached hydrogens (tertiary/aromatic N) is 4. The fourth-order valence-electron chi connectivity index (χ4n) is 4.28. The second-order valence-electron chi connectivity index (χ2n) is 11.8. The standard InChI is InChI=1S/C25H56N4.2HI/c1-26(25-17-15-13-11-9-8-10-12-14-16-18-25)19-20-27(21-23-28(2,3)4)22-24-29(5,6)7;;/h25H,8-24H2,1-7H3;2*1H/q+2;;/p-2. The van der Waals surface area contributed by atoms with E-state index in [2.05, 4.69) is 59.1 Å². The van der Waals surface area contributed by atoms with E-state index >= 15 is 0 Å². The highest BCUT2D eigenvalue weighted by Crippen LogP contribution is 2.19. The summed E-state index contributed by atoms with van der Waals surface area (Å²) in [5.74, 6) is 0. The molecule has 0 aliphatic heterocycles. The molecule has 1 fully saturated rings. The number of hydrogen-bond acceptors (Lipinski definition) is 2. The molecule has 6 heteroatoms. The van der Waals surface area contributed by atoms with E-state index < -0.39 is 0 Å². The molecule has 0 atom stereocenters. The Kier molecular flexibility index (Phi) is 20.7. The van der Waals surface area contributed by atoms with Crippen LogP contribution in [0.1, 0.15) is 70.6 Å². The Hall–Kier alpha value is 1.30. The molecule has 0 radical (unpaired) electrons. The van der Waals surface area contributed by atoms with E-state index in [1.54, 1.807) is 0 Å². The number of hydrogen-bond donors (Lipinski definition) is 0. The Balaban J connectivity index is 0. The highest BCUT2D eigenvalue weighted by molar-refractivity contribution is 4.72. The van der Waals surface area contributed by atoms with Crippen LogP contribution in [0.4, 0.5) is 0 Å². The highest BCUT2D eigenvalue weighted by atomic mass is 127. The smallest absolute Gasteiger partial charge is 0.0909 e. The Labute approximate surface area is 230 Å². The summed E-state index contributed by atoms with van der Waals surface area (Å²) in [5, 5.41) is 0. The summed E-state index contributed by atoms with van der Waals surface area (Å²) in [7, 11) is 16.3. The topological polar surface area (TPSA) is 6.48 Å². The molecule has 4 nitrogen and oxygen atoms in total. The number of likely N-dealkylation sites (N-methyl/N-ethyl adjacent to an activating group) is 3. The van der Waals surface area contributed by atoms with Gasteiger partial charge in [0.25, 0.3) is 0 Å². The Bertz CT molecular complexity index is 377. The molecule has 1 rings (SSSR count). The molecule has 31 heavy (non-hydrogen) atoms. The maximum Gasteiger partial charge on any atom is 0.0909 e. The summed E-state index contributed by atoms with van der Waals surface area (Å²) in [6, 6.07) is 0.799. The number of halogens is 2. The number of rotatable bonds is 10. The van der Waals surface area contributed by atoms with Crippen LogP contribution in [0.2, 0.25) is 0 Å². The quantitative estimate of drug-likeness (QED) is 0.203. The van der Waals surface area contributed by atoms with Crippen LogP contribution in [0, 0.1) is 0 Å². The van der Waals surface area contributed by atoms with Gasteiger partial charge in [0.05, 0.1) is 55.4 Å². The molecule has 1 saturated carbocycles. The minimum atomic E-state index is 0. The van der Waals surface area contributed by atoms with Gasteiger partial charge in [0.1, 0.15) is 0 Å². The first kappa shape index (κ1) is 34.5. The van der Waals surface area contributed by atoms with Crippen molar-refractivity contribution in [1.29, 1.82) is 0 Å². The first-order chi connectivity index (χ1) is 13.6. The predicted octanol–water partition coefficient (Wildman–Crippen LogP) is -1.69. The van der Waals surface area contributed by atoms with Gasteiger partial charge in [-0.1, -0.05) is 57.8 Å². The lowest BCUT2D eigenvalue weighted by molar-refractivity contribution is -0.872. The summed E-state index contributed by atoms with van der Waals surface area (Å²) in [6.07, 6.45) is 15.9. The maximum absolute atomic E-state index is 2.72. The van der Waals surface area contributed by atoms with Crippen LogP contribution in [0.3, 0.4) is 0 Å². The van der Waals surface area contributed by atoms with Crippen LogP contribution >= 0.6 is 0 Å². The van der Waals surface area contributed by atoms with Gasteiger partial charge in [-0.05, 0) is 19.9 Å². The van der Waals surface area contributed by atoms with Crippen molar-refractivity contribution in [3.05, 3.63) is 0 Å². The Morgan fingerprint density at radius 1 is 0.548 bits per heavy atom. The minimum absolute atomic E-state index is 0. The summed E-state index contributed by atoms with van der Waals surface area (Å²) in [5.41, 5.74) is 0. The van der Waals surface area contributed by atoms with Crippen molar-refractivity contribution in [2.75, 3.05) is 88.6 Å². The lowest BCUT2D eigenvalue weighted by atomic mass is 9.97. The van der Waals surface area contributed by atoms with Gasteiger partial charge >= 0.3 is 0 Å². The van der Waals surface area contributed by atoms with Crippen molar-refractivity contribution >= 4 is 0 Å². The molecule has 0 saturated heterocycles. The van der Waals surface area contributed by atoms with Crippen molar-refractivity contribution < 1.29 is 56.9 Å². The van der Waals surface area contributed by atoms with Gasteiger partial charge in [0, 0.05) is 32.2 Å². The van der Waals surface area contributed by atoms with Crippen LogP contribution in [-0.4, -0.2) is 113 Å².